The van der Waals surface area contributed by atoms with Crippen LogP contribution in [0.25, 0.3) is 0 Å². The molecule has 0 aliphatic carbocycles. The highest BCUT2D eigenvalue weighted by atomic mass is 35.5. The molecule has 2 N–H and O–H groups in total. The fourth-order valence-electron chi connectivity index (χ4n) is 4.65. The lowest BCUT2D eigenvalue weighted by molar-refractivity contribution is -0.140. The first-order chi connectivity index (χ1) is 20.1. The highest BCUT2D eigenvalue weighted by Gasteiger charge is 2.47. The van der Waals surface area contributed by atoms with Gasteiger partial charge in [-0.05, 0) is 53.4 Å². The topological polar surface area (TPSA) is 114 Å². The van der Waals surface area contributed by atoms with Crippen molar-refractivity contribution in [1.29, 1.82) is 0 Å². The number of nitrogens with one attached hydrogen (secondary N) is 2. The van der Waals surface area contributed by atoms with Crippen LogP contribution in [-0.4, -0.2) is 54.6 Å². The molecule has 1 fully saturated rings. The van der Waals surface area contributed by atoms with Gasteiger partial charge >= 0.3 is 12.0 Å². The maximum Gasteiger partial charge on any atom is 0.338 e. The Morgan fingerprint density at radius 3 is 2.57 bits per heavy atom. The molecular weight excluding hydrogens is 565 g/mol. The summed E-state index contributed by atoms with van der Waals surface area (Å²) in [5.74, 6) is -2.09. The minimum Gasteiger partial charge on any atom is -0.496 e. The van der Waals surface area contributed by atoms with Crippen LogP contribution < -0.4 is 15.4 Å². The number of imide groups is 1. The molecule has 3 aromatic carbocycles. The monoisotopic (exact) mass is 595 g/mol. The summed E-state index contributed by atoms with van der Waals surface area (Å²) in [6.07, 6.45) is -0.104. The molecular formula is C31H31ClFN3O6. The Hall–Kier alpha value is -4.44. The smallest absolute Gasteiger partial charge is 0.338 e. The molecule has 11 heteroatoms. The van der Waals surface area contributed by atoms with Gasteiger partial charge in [-0.15, -0.1) is 0 Å². The van der Waals surface area contributed by atoms with Gasteiger partial charge in [0.15, 0.2) is 0 Å². The van der Waals surface area contributed by atoms with Crippen LogP contribution >= 0.6 is 11.6 Å². The van der Waals surface area contributed by atoms with Crippen LogP contribution in [-0.2, 0) is 27.4 Å². The molecule has 1 heterocycles. The molecule has 0 aromatic heterocycles. The number of urea groups is 1. The molecule has 1 aliphatic heterocycles. The maximum absolute atomic E-state index is 16.3. The normalized spacial score (nSPS) is 17.6. The van der Waals surface area contributed by atoms with Crippen LogP contribution in [0.4, 0.5) is 9.18 Å². The zero-order valence-electron chi connectivity index (χ0n) is 23.2. The third kappa shape index (κ3) is 7.25. The van der Waals surface area contributed by atoms with Crippen molar-refractivity contribution in [3.8, 4) is 5.75 Å². The summed E-state index contributed by atoms with van der Waals surface area (Å²) in [4.78, 5) is 52.5. The van der Waals surface area contributed by atoms with E-state index in [1.807, 2.05) is 30.3 Å². The van der Waals surface area contributed by atoms with E-state index in [-0.39, 0.29) is 12.2 Å². The van der Waals surface area contributed by atoms with Crippen LogP contribution in [0.15, 0.2) is 72.8 Å². The van der Waals surface area contributed by atoms with E-state index < -0.39 is 55.0 Å². The molecule has 4 rings (SSSR count). The summed E-state index contributed by atoms with van der Waals surface area (Å²) in [5, 5.41) is 5.41. The molecule has 0 bridgehead atoms. The highest BCUT2D eigenvalue weighted by Crippen LogP contribution is 2.30. The van der Waals surface area contributed by atoms with Gasteiger partial charge in [0.1, 0.15) is 18.9 Å². The Labute approximate surface area is 247 Å². The number of halogens is 2. The summed E-state index contributed by atoms with van der Waals surface area (Å²) < 4.78 is 27.0. The fraction of sp³-hybridized carbons (Fsp3) is 0.290. The van der Waals surface area contributed by atoms with Gasteiger partial charge in [-0.3, -0.25) is 14.5 Å². The zero-order valence-corrected chi connectivity index (χ0v) is 23.9. The number of carbonyl (C=O) groups is 4. The van der Waals surface area contributed by atoms with Gasteiger partial charge in [0.2, 0.25) is 11.6 Å². The summed E-state index contributed by atoms with van der Waals surface area (Å²) >= 11 is 6.08. The van der Waals surface area contributed by atoms with Gasteiger partial charge in [0.25, 0.3) is 5.91 Å². The Kier molecular flexibility index (Phi) is 9.80. The van der Waals surface area contributed by atoms with E-state index in [4.69, 9.17) is 21.1 Å². The van der Waals surface area contributed by atoms with Crippen molar-refractivity contribution in [2.75, 3.05) is 20.2 Å². The third-order valence-electron chi connectivity index (χ3n) is 6.90. The van der Waals surface area contributed by atoms with Crippen LogP contribution in [0.2, 0.25) is 5.02 Å². The predicted octanol–water partition coefficient (Wildman–Crippen LogP) is 4.78. The number of ether oxygens (including phenoxy) is 2. The number of hydrogen-bond acceptors (Lipinski definition) is 6. The van der Waals surface area contributed by atoms with E-state index in [0.29, 0.717) is 33.2 Å². The van der Waals surface area contributed by atoms with Gasteiger partial charge < -0.3 is 20.1 Å². The Morgan fingerprint density at radius 2 is 1.86 bits per heavy atom. The Bertz CT molecular complexity index is 1470. The largest absolute Gasteiger partial charge is 0.496 e. The van der Waals surface area contributed by atoms with Crippen molar-refractivity contribution in [1.82, 2.24) is 15.5 Å². The van der Waals surface area contributed by atoms with E-state index in [9.17, 15) is 19.2 Å². The third-order valence-corrected chi connectivity index (χ3v) is 7.13. The van der Waals surface area contributed by atoms with Crippen molar-refractivity contribution < 1.29 is 33.0 Å². The van der Waals surface area contributed by atoms with E-state index in [1.54, 1.807) is 43.3 Å². The highest BCUT2D eigenvalue weighted by molar-refractivity contribution is 6.30. The molecule has 9 nitrogen and oxygen atoms in total. The van der Waals surface area contributed by atoms with Crippen LogP contribution in [0.1, 0.15) is 46.4 Å². The molecule has 1 aliphatic rings. The number of nitrogens with zero attached hydrogens (tertiary/aromatic N) is 1. The van der Waals surface area contributed by atoms with E-state index in [1.165, 1.54) is 13.2 Å². The molecule has 2 atom stereocenters. The van der Waals surface area contributed by atoms with Gasteiger partial charge in [-0.1, -0.05) is 61.0 Å². The van der Waals surface area contributed by atoms with Crippen molar-refractivity contribution in [3.05, 3.63) is 100 Å². The number of amides is 4. The van der Waals surface area contributed by atoms with Crippen molar-refractivity contribution in [2.24, 2.45) is 0 Å². The maximum atomic E-state index is 16.3. The Balaban J connectivity index is 1.50. The first-order valence-corrected chi connectivity index (χ1v) is 13.7. The van der Waals surface area contributed by atoms with Crippen LogP contribution in [0.3, 0.4) is 0 Å². The first-order valence-electron chi connectivity index (χ1n) is 13.3. The molecule has 1 saturated heterocycles. The number of methoxy groups -OCH3 is 1. The Morgan fingerprint density at radius 1 is 1.10 bits per heavy atom. The summed E-state index contributed by atoms with van der Waals surface area (Å²) in [5.41, 5.74) is -0.656. The lowest BCUT2D eigenvalue weighted by Crippen LogP contribution is -2.54. The van der Waals surface area contributed by atoms with E-state index >= 15 is 4.39 Å². The molecule has 42 heavy (non-hydrogen) atoms. The second-order valence-corrected chi connectivity index (χ2v) is 10.3. The fourth-order valence-corrected chi connectivity index (χ4v) is 4.85. The van der Waals surface area contributed by atoms with Crippen LogP contribution in [0.5, 0.6) is 5.75 Å². The quantitative estimate of drug-likeness (QED) is 0.344. The summed E-state index contributed by atoms with van der Waals surface area (Å²) in [6, 6.07) is 18.8. The van der Waals surface area contributed by atoms with Gasteiger partial charge in [0, 0.05) is 11.4 Å². The molecule has 0 radical (unpaired) electrons. The second-order valence-electron chi connectivity index (χ2n) is 9.86. The van der Waals surface area contributed by atoms with E-state index in [0.717, 1.165) is 5.56 Å². The standard InChI is InChI=1S/C31H31ClFN3O6/c1-3-25(21-10-7-11-22(14-21)28(38)42-18-20-8-5-4-6-9-20)35-30(40)36-17-27(37)34-19-31(33,29(36)39)16-23-15-24(32)12-13-26(23)41-2/h4-15,25H,3,16-19H2,1-2H3,(H,34,37)(H,35,40). The minimum atomic E-state index is -2.65. The summed E-state index contributed by atoms with van der Waals surface area (Å²) in [6.45, 7) is 0.607. The molecule has 0 spiro atoms. The number of rotatable bonds is 9. The molecule has 4 amide bonds. The van der Waals surface area contributed by atoms with Gasteiger partial charge in [-0.2, -0.15) is 0 Å². The van der Waals surface area contributed by atoms with Crippen LogP contribution in [0, 0.1) is 0 Å². The van der Waals surface area contributed by atoms with E-state index in [2.05, 4.69) is 10.6 Å². The zero-order chi connectivity index (χ0) is 30.3. The molecule has 2 unspecified atom stereocenters. The minimum absolute atomic E-state index is 0.100. The molecule has 0 saturated carbocycles. The van der Waals surface area contributed by atoms with Crippen molar-refractivity contribution in [3.63, 3.8) is 0 Å². The molecule has 3 aromatic rings. The van der Waals surface area contributed by atoms with Gasteiger partial charge in [0.05, 0.1) is 25.3 Å². The number of benzene rings is 3. The second kappa shape index (κ2) is 13.5. The average molecular weight is 596 g/mol. The lowest BCUT2D eigenvalue weighted by Gasteiger charge is -2.29. The number of hydrogen-bond donors (Lipinski definition) is 2. The average Bonchev–Trinajstić information content (AvgIpc) is 3.11. The predicted molar refractivity (Wildman–Crippen MR) is 154 cm³/mol. The number of esters is 1. The van der Waals surface area contributed by atoms with Crippen molar-refractivity contribution >= 4 is 35.4 Å². The number of carbonyl (C=O) groups excluding carboxylic acids is 4. The number of alkyl halides is 1. The van der Waals surface area contributed by atoms with Crippen molar-refractivity contribution in [2.45, 2.75) is 38.1 Å². The molecule has 220 valence electrons. The SMILES string of the molecule is CCC(NC(=O)N1CC(=O)NCC(F)(Cc2cc(Cl)ccc2OC)C1=O)c1cccc(C(=O)OCc2ccccc2)c1. The lowest BCUT2D eigenvalue weighted by atomic mass is 9.94. The van der Waals surface area contributed by atoms with Gasteiger partial charge in [-0.25, -0.2) is 14.0 Å². The summed E-state index contributed by atoms with van der Waals surface area (Å²) in [7, 11) is 1.40. The first kappa shape index (κ1) is 30.5.